The summed E-state index contributed by atoms with van der Waals surface area (Å²) in [6.45, 7) is 8.93. The average molecular weight is 239 g/mol. The predicted molar refractivity (Wildman–Crippen MR) is 73.4 cm³/mol. The second-order valence-electron chi connectivity index (χ2n) is 5.24. The molecular formula is C15H23Cl. The van der Waals surface area contributed by atoms with Gasteiger partial charge in [0.2, 0.25) is 0 Å². The monoisotopic (exact) mass is 238 g/mol. The van der Waals surface area contributed by atoms with Crippen LogP contribution in [0.4, 0.5) is 0 Å². The Hall–Kier alpha value is -0.490. The van der Waals surface area contributed by atoms with E-state index in [0.717, 1.165) is 12.3 Å². The fourth-order valence-corrected chi connectivity index (χ4v) is 2.59. The first-order valence-electron chi connectivity index (χ1n) is 6.13. The Balaban J connectivity index is 2.94. The van der Waals surface area contributed by atoms with Crippen LogP contribution in [-0.2, 0) is 6.42 Å². The molecule has 0 N–H and O–H groups in total. The number of hydrogen-bond donors (Lipinski definition) is 0. The largest absolute Gasteiger partial charge is 0.126 e. The number of rotatable bonds is 5. The van der Waals surface area contributed by atoms with Crippen LogP contribution >= 0.6 is 11.6 Å². The Labute approximate surface area is 105 Å². The van der Waals surface area contributed by atoms with E-state index < -0.39 is 0 Å². The first kappa shape index (κ1) is 13.6. The van der Waals surface area contributed by atoms with Gasteiger partial charge in [-0.3, -0.25) is 0 Å². The van der Waals surface area contributed by atoms with Crippen LogP contribution in [0.1, 0.15) is 43.4 Å². The van der Waals surface area contributed by atoms with Crippen molar-refractivity contribution in [2.75, 3.05) is 5.88 Å². The Kier molecular flexibility index (Phi) is 4.86. The van der Waals surface area contributed by atoms with Gasteiger partial charge in [-0.1, -0.05) is 38.5 Å². The third-order valence-electron chi connectivity index (χ3n) is 3.42. The lowest BCUT2D eigenvalue weighted by molar-refractivity contribution is 0.334. The van der Waals surface area contributed by atoms with Crippen LogP contribution in [0.15, 0.2) is 18.2 Å². The van der Waals surface area contributed by atoms with Crippen molar-refractivity contribution in [3.63, 3.8) is 0 Å². The lowest BCUT2D eigenvalue weighted by Gasteiger charge is -2.28. The van der Waals surface area contributed by atoms with Crippen molar-refractivity contribution in [2.45, 2.75) is 47.0 Å². The molecule has 16 heavy (non-hydrogen) atoms. The molecule has 0 fully saturated rings. The van der Waals surface area contributed by atoms with Gasteiger partial charge in [0.15, 0.2) is 0 Å². The van der Waals surface area contributed by atoms with Crippen molar-refractivity contribution >= 4 is 11.6 Å². The van der Waals surface area contributed by atoms with E-state index in [2.05, 4.69) is 45.9 Å². The minimum Gasteiger partial charge on any atom is -0.126 e. The summed E-state index contributed by atoms with van der Waals surface area (Å²) >= 11 is 6.14. The Morgan fingerprint density at radius 1 is 1.19 bits per heavy atom. The van der Waals surface area contributed by atoms with Crippen LogP contribution in [0.3, 0.4) is 0 Å². The van der Waals surface area contributed by atoms with Crippen molar-refractivity contribution < 1.29 is 0 Å². The van der Waals surface area contributed by atoms with Gasteiger partial charge >= 0.3 is 0 Å². The van der Waals surface area contributed by atoms with E-state index in [1.807, 2.05) is 0 Å². The molecule has 0 radical (unpaired) electrons. The van der Waals surface area contributed by atoms with Crippen molar-refractivity contribution in [3.8, 4) is 0 Å². The van der Waals surface area contributed by atoms with Crippen molar-refractivity contribution in [1.82, 2.24) is 0 Å². The summed E-state index contributed by atoms with van der Waals surface area (Å²) in [6, 6.07) is 6.53. The first-order chi connectivity index (χ1) is 7.52. The summed E-state index contributed by atoms with van der Waals surface area (Å²) in [5.74, 6) is 0.745. The lowest BCUT2D eigenvalue weighted by atomic mass is 9.79. The van der Waals surface area contributed by atoms with E-state index in [4.69, 9.17) is 11.6 Å². The van der Waals surface area contributed by atoms with Gasteiger partial charge in [-0.05, 0) is 48.8 Å². The van der Waals surface area contributed by atoms with E-state index in [1.54, 1.807) is 0 Å². The minimum absolute atomic E-state index is 0.243. The number of halogens is 1. The summed E-state index contributed by atoms with van der Waals surface area (Å²) in [7, 11) is 0. The van der Waals surface area contributed by atoms with E-state index >= 15 is 0 Å². The Morgan fingerprint density at radius 2 is 1.75 bits per heavy atom. The molecule has 0 nitrogen and oxygen atoms in total. The molecule has 1 aromatic carbocycles. The molecule has 0 heterocycles. The zero-order chi connectivity index (χ0) is 12.2. The number of hydrogen-bond acceptors (Lipinski definition) is 0. The molecule has 0 saturated heterocycles. The molecule has 0 aliphatic rings. The quantitative estimate of drug-likeness (QED) is 0.641. The van der Waals surface area contributed by atoms with Gasteiger partial charge in [-0.25, -0.2) is 0 Å². The zero-order valence-electron chi connectivity index (χ0n) is 10.9. The number of alkyl halides is 1. The van der Waals surface area contributed by atoms with E-state index in [-0.39, 0.29) is 5.41 Å². The van der Waals surface area contributed by atoms with E-state index in [9.17, 15) is 0 Å². The highest BCUT2D eigenvalue weighted by molar-refractivity contribution is 6.18. The van der Waals surface area contributed by atoms with Crippen LogP contribution in [0, 0.1) is 19.3 Å². The maximum atomic E-state index is 6.14. The maximum Gasteiger partial charge on any atom is 0.0280 e. The molecule has 0 amide bonds. The maximum absolute atomic E-state index is 6.14. The van der Waals surface area contributed by atoms with Gasteiger partial charge in [0.1, 0.15) is 0 Å². The number of aryl methyl sites for hydroxylation is 2. The van der Waals surface area contributed by atoms with Crippen LogP contribution in [-0.4, -0.2) is 5.88 Å². The highest BCUT2D eigenvalue weighted by Crippen LogP contribution is 2.31. The first-order valence-corrected chi connectivity index (χ1v) is 6.67. The smallest absolute Gasteiger partial charge is 0.0280 e. The van der Waals surface area contributed by atoms with Gasteiger partial charge in [0.05, 0.1) is 0 Å². The molecule has 0 aliphatic carbocycles. The Morgan fingerprint density at radius 3 is 2.19 bits per heavy atom. The standard InChI is InChI=1S/C15H23Cl/c1-5-9-15(4,11-16)10-14-12(2)7-6-8-13(14)3/h6-8H,5,9-11H2,1-4H3. The number of benzene rings is 1. The normalized spacial score (nSPS) is 14.8. The SMILES string of the molecule is CCCC(C)(CCl)Cc1c(C)cccc1C. The average Bonchev–Trinajstić information content (AvgIpc) is 2.24. The van der Waals surface area contributed by atoms with Crippen LogP contribution in [0.2, 0.25) is 0 Å². The van der Waals surface area contributed by atoms with Crippen LogP contribution in [0.5, 0.6) is 0 Å². The highest BCUT2D eigenvalue weighted by Gasteiger charge is 2.24. The van der Waals surface area contributed by atoms with Gasteiger partial charge < -0.3 is 0 Å². The summed E-state index contributed by atoms with van der Waals surface area (Å²) in [5, 5.41) is 0. The summed E-state index contributed by atoms with van der Waals surface area (Å²) in [6.07, 6.45) is 3.50. The molecule has 0 bridgehead atoms. The molecule has 90 valence electrons. The molecule has 0 aliphatic heterocycles. The molecule has 1 rings (SSSR count). The molecule has 1 unspecified atom stereocenters. The van der Waals surface area contributed by atoms with Gasteiger partial charge in [-0.15, -0.1) is 11.6 Å². The zero-order valence-corrected chi connectivity index (χ0v) is 11.7. The van der Waals surface area contributed by atoms with Gasteiger partial charge in [-0.2, -0.15) is 0 Å². The third kappa shape index (κ3) is 3.25. The molecule has 0 spiro atoms. The van der Waals surface area contributed by atoms with Gasteiger partial charge in [0.25, 0.3) is 0 Å². The fourth-order valence-electron chi connectivity index (χ4n) is 2.36. The van der Waals surface area contributed by atoms with E-state index in [0.29, 0.717) is 0 Å². The van der Waals surface area contributed by atoms with Crippen molar-refractivity contribution in [2.24, 2.45) is 5.41 Å². The molecular weight excluding hydrogens is 216 g/mol. The fraction of sp³-hybridized carbons (Fsp3) is 0.600. The van der Waals surface area contributed by atoms with Crippen molar-refractivity contribution in [1.29, 1.82) is 0 Å². The van der Waals surface area contributed by atoms with Gasteiger partial charge in [0, 0.05) is 5.88 Å². The van der Waals surface area contributed by atoms with Crippen LogP contribution in [0.25, 0.3) is 0 Å². The highest BCUT2D eigenvalue weighted by atomic mass is 35.5. The molecule has 1 atom stereocenters. The van der Waals surface area contributed by atoms with Crippen LogP contribution < -0.4 is 0 Å². The Bertz CT molecular complexity index is 323. The summed E-state index contributed by atoms with van der Waals surface area (Å²) in [4.78, 5) is 0. The summed E-state index contributed by atoms with van der Waals surface area (Å²) in [5.41, 5.74) is 4.52. The topological polar surface area (TPSA) is 0 Å². The molecule has 1 aromatic rings. The van der Waals surface area contributed by atoms with E-state index in [1.165, 1.54) is 29.5 Å². The second kappa shape index (κ2) is 5.72. The minimum atomic E-state index is 0.243. The molecule has 1 heteroatoms. The predicted octanol–water partition coefficient (Wildman–Crippen LogP) is 4.89. The third-order valence-corrected chi connectivity index (χ3v) is 4.07. The molecule has 0 saturated carbocycles. The van der Waals surface area contributed by atoms with Crippen molar-refractivity contribution in [3.05, 3.63) is 34.9 Å². The summed E-state index contributed by atoms with van der Waals surface area (Å²) < 4.78 is 0. The lowest BCUT2D eigenvalue weighted by Crippen LogP contribution is -2.22. The molecule has 0 aromatic heterocycles. The second-order valence-corrected chi connectivity index (χ2v) is 5.51.